The van der Waals surface area contributed by atoms with E-state index in [1.165, 1.54) is 200 Å². The van der Waals surface area contributed by atoms with Crippen LogP contribution in [0, 0.1) is 0 Å². The minimum atomic E-state index is -0.490. The molecule has 0 saturated carbocycles. The van der Waals surface area contributed by atoms with E-state index in [1.54, 1.807) is 0 Å². The van der Waals surface area contributed by atoms with Gasteiger partial charge in [-0.25, -0.2) is 47.9 Å². The third-order valence-corrected chi connectivity index (χ3v) is 13.9. The Morgan fingerprint density at radius 1 is 0.139 bits per heavy atom. The predicted molar refractivity (Wildman–Crippen MR) is 408 cm³/mol. The molecule has 0 saturated heterocycles. The first kappa shape index (κ1) is 116. The fourth-order valence-electron chi connectivity index (χ4n) is 8.39. The highest BCUT2D eigenvalue weighted by atomic mass is 16.6. The average Bonchev–Trinajstić information content (AvgIpc) is 2.28. The molecule has 0 atom stereocenters. The normalized spacial score (nSPS) is 10.1. The fraction of sp³-hybridized carbons (Fsp3) is 0.872. The van der Waals surface area contributed by atoms with E-state index in [1.807, 2.05) is 0 Å². The topological polar surface area (TPSA) is 355 Å². The SMILES string of the molecule is CCCCCCCCCCCCOC(=O)COC.CCCCCCCCCCOC(=O)COC.CCCCCCCCOC(=O)COC.CCCCCCOC(=O)COC.COCC(=O)OCCCCCCOC(=O)COC.COCC(=O)OCCCCOC(=O)COC.COCC(=O)OCCOC(=O)COC. The van der Waals surface area contributed by atoms with Gasteiger partial charge < -0.3 is 94.7 Å². The molecule has 0 bridgehead atoms. The van der Waals surface area contributed by atoms with Gasteiger partial charge in [-0.2, -0.15) is 0 Å². The van der Waals surface area contributed by atoms with Crippen LogP contribution in [0.3, 0.4) is 0 Å². The number of unbranched alkanes of at least 4 members (excludes halogenated alkanes) is 28. The lowest BCUT2D eigenvalue weighted by Crippen LogP contribution is -2.18. The van der Waals surface area contributed by atoms with Crippen LogP contribution in [-0.4, -0.2) is 263 Å². The summed E-state index contributed by atoms with van der Waals surface area (Å²) in [6, 6.07) is 0. The third kappa shape index (κ3) is 119. The molecule has 0 amide bonds. The summed E-state index contributed by atoms with van der Waals surface area (Å²) >= 11 is 0. The predicted octanol–water partition coefficient (Wildman–Crippen LogP) is 12.1. The number of hydrogen-bond donors (Lipinski definition) is 0. The molecular formula is C78H150O30. The zero-order valence-electron chi connectivity index (χ0n) is 69.4. The van der Waals surface area contributed by atoms with Gasteiger partial charge in [0.05, 0.1) is 52.9 Å². The van der Waals surface area contributed by atoms with E-state index in [2.05, 4.69) is 84.5 Å². The lowest BCUT2D eigenvalue weighted by Gasteiger charge is -2.05. The Kier molecular flexibility index (Phi) is 113. The van der Waals surface area contributed by atoms with Gasteiger partial charge in [-0.05, 0) is 64.2 Å². The molecule has 30 heteroatoms. The standard InChI is InChI=1S/C15H30O3.C13H26O3.C12H22O6.C11H22O3.C10H18O6.C9H18O3.C8H14O6/c1-3-4-5-6-7-8-9-10-11-12-13-18-15(16)14-17-2;1-3-4-5-6-7-8-9-10-11-16-13(14)12-15-2;1-15-9-11(13)17-7-5-3-4-6-8-18-12(14)10-16-2;1-3-4-5-6-7-8-9-14-11(12)10-13-2;1-13-7-9(11)15-5-3-4-6-16-10(12)8-14-2;1-3-4-5-6-7-12-9(10)8-11-2;1-11-5-7(9)13-3-4-14-8(10)6-12-2/h3-14H2,1-2H3;3-12H2,1-2H3;3-10H2,1-2H3;3-10H2,1-2H3;3-8H2,1-2H3;3-8H2,1-2H3;3-6H2,1-2H3. The van der Waals surface area contributed by atoms with E-state index in [4.69, 9.17) is 37.9 Å². The maximum absolute atomic E-state index is 11.0. The quantitative estimate of drug-likeness (QED) is 0.0310. The zero-order chi connectivity index (χ0) is 82.1. The summed E-state index contributed by atoms with van der Waals surface area (Å²) in [6.45, 7) is 12.4. The molecule has 0 aromatic rings. The Labute approximate surface area is 649 Å². The number of ether oxygens (including phenoxy) is 20. The molecule has 0 rings (SSSR count). The highest BCUT2D eigenvalue weighted by Gasteiger charge is 2.08. The van der Waals surface area contributed by atoms with Crippen LogP contribution in [0.15, 0.2) is 0 Å². The Bertz CT molecular complexity index is 1880. The molecule has 0 radical (unpaired) electrons. The monoisotopic (exact) mass is 1570 g/mol. The molecule has 0 aliphatic heterocycles. The van der Waals surface area contributed by atoms with Crippen LogP contribution in [0.2, 0.25) is 0 Å². The first-order chi connectivity index (χ1) is 52.3. The lowest BCUT2D eigenvalue weighted by atomic mass is 10.1. The number of methoxy groups -OCH3 is 10. The number of carbonyl (C=O) groups is 10. The zero-order valence-corrected chi connectivity index (χ0v) is 69.4. The molecular weight excluding hydrogens is 1420 g/mol. The molecule has 0 aliphatic rings. The second kappa shape index (κ2) is 105. The minimum Gasteiger partial charge on any atom is -0.464 e. The Morgan fingerprint density at radius 3 is 0.352 bits per heavy atom. The van der Waals surface area contributed by atoms with Crippen LogP contribution in [-0.2, 0) is 143 Å². The van der Waals surface area contributed by atoms with Gasteiger partial charge in [0.2, 0.25) is 0 Å². The van der Waals surface area contributed by atoms with Crippen molar-refractivity contribution in [1.29, 1.82) is 0 Å². The van der Waals surface area contributed by atoms with Gasteiger partial charge in [-0.3, -0.25) is 0 Å². The molecule has 0 aromatic carbocycles. The first-order valence-corrected chi connectivity index (χ1v) is 38.8. The van der Waals surface area contributed by atoms with Crippen LogP contribution >= 0.6 is 0 Å². The molecule has 0 aromatic heterocycles. The van der Waals surface area contributed by atoms with E-state index in [0.29, 0.717) is 65.7 Å². The van der Waals surface area contributed by atoms with E-state index in [0.717, 1.165) is 77.0 Å². The lowest BCUT2D eigenvalue weighted by molar-refractivity contribution is -0.156. The van der Waals surface area contributed by atoms with Crippen molar-refractivity contribution in [3.63, 3.8) is 0 Å². The number of esters is 10. The van der Waals surface area contributed by atoms with E-state index < -0.39 is 11.9 Å². The number of carbonyl (C=O) groups excluding carboxylic acids is 10. The Morgan fingerprint density at radius 2 is 0.231 bits per heavy atom. The van der Waals surface area contributed by atoms with Crippen molar-refractivity contribution < 1.29 is 143 Å². The molecule has 30 nitrogen and oxygen atoms in total. The van der Waals surface area contributed by atoms with Gasteiger partial charge in [-0.1, -0.05) is 182 Å². The summed E-state index contributed by atoms with van der Waals surface area (Å²) in [5, 5.41) is 0. The first-order valence-electron chi connectivity index (χ1n) is 38.8. The molecule has 0 N–H and O–H groups in total. The van der Waals surface area contributed by atoms with Crippen molar-refractivity contribution in [2.24, 2.45) is 0 Å². The van der Waals surface area contributed by atoms with Crippen molar-refractivity contribution in [1.82, 2.24) is 0 Å². The summed E-state index contributed by atoms with van der Waals surface area (Å²) in [5.41, 5.74) is 0. The highest BCUT2D eigenvalue weighted by Crippen LogP contribution is 2.12. The summed E-state index contributed by atoms with van der Waals surface area (Å²) in [4.78, 5) is 108. The summed E-state index contributed by atoms with van der Waals surface area (Å²) in [7, 11) is 14.5. The van der Waals surface area contributed by atoms with E-state index in [9.17, 15) is 47.9 Å². The molecule has 0 unspecified atom stereocenters. The van der Waals surface area contributed by atoms with Gasteiger partial charge in [0.25, 0.3) is 0 Å². The largest absolute Gasteiger partial charge is 0.464 e. The summed E-state index contributed by atoms with van der Waals surface area (Å²) in [5.74, 6) is -3.49. The van der Waals surface area contributed by atoms with Crippen molar-refractivity contribution in [3.8, 4) is 0 Å². The van der Waals surface area contributed by atoms with Crippen molar-refractivity contribution in [2.75, 3.05) is 203 Å². The van der Waals surface area contributed by atoms with Crippen LogP contribution in [0.1, 0.15) is 246 Å². The van der Waals surface area contributed by atoms with Crippen molar-refractivity contribution >= 4 is 59.7 Å². The molecule has 108 heavy (non-hydrogen) atoms. The summed E-state index contributed by atoms with van der Waals surface area (Å²) < 4.78 is 94.4. The van der Waals surface area contributed by atoms with Crippen molar-refractivity contribution in [2.45, 2.75) is 246 Å². The number of hydrogen-bond acceptors (Lipinski definition) is 30. The Hall–Kier alpha value is -5.70. The summed E-state index contributed by atoms with van der Waals surface area (Å²) in [6.07, 6.45) is 39.5. The van der Waals surface area contributed by atoms with Crippen LogP contribution < -0.4 is 0 Å². The average molecular weight is 1570 g/mol. The van der Waals surface area contributed by atoms with Crippen molar-refractivity contribution in [3.05, 3.63) is 0 Å². The molecule has 0 aliphatic carbocycles. The van der Waals surface area contributed by atoms with Gasteiger partial charge in [0, 0.05) is 71.1 Å². The van der Waals surface area contributed by atoms with E-state index >= 15 is 0 Å². The van der Waals surface area contributed by atoms with Gasteiger partial charge in [-0.15, -0.1) is 0 Å². The molecule has 0 spiro atoms. The highest BCUT2D eigenvalue weighted by molar-refractivity contribution is 5.73. The molecule has 0 heterocycles. The van der Waals surface area contributed by atoms with Gasteiger partial charge in [0.1, 0.15) is 79.3 Å². The van der Waals surface area contributed by atoms with Gasteiger partial charge in [0.15, 0.2) is 0 Å². The second-order valence-electron chi connectivity index (χ2n) is 24.1. The van der Waals surface area contributed by atoms with E-state index in [-0.39, 0.29) is 127 Å². The molecule has 642 valence electrons. The fourth-order valence-corrected chi connectivity index (χ4v) is 8.39. The maximum Gasteiger partial charge on any atom is 0.332 e. The minimum absolute atomic E-state index is 0.00451. The Balaban J connectivity index is -0.000000221. The second-order valence-corrected chi connectivity index (χ2v) is 24.1. The number of rotatable bonds is 67. The maximum atomic E-state index is 11.0. The van der Waals surface area contributed by atoms with Crippen LogP contribution in [0.4, 0.5) is 0 Å². The van der Waals surface area contributed by atoms with Crippen LogP contribution in [0.25, 0.3) is 0 Å². The molecule has 0 fully saturated rings. The van der Waals surface area contributed by atoms with Crippen LogP contribution in [0.5, 0.6) is 0 Å². The van der Waals surface area contributed by atoms with Gasteiger partial charge >= 0.3 is 59.7 Å². The third-order valence-electron chi connectivity index (χ3n) is 13.9. The smallest absolute Gasteiger partial charge is 0.332 e.